The number of anilines is 1. The van der Waals surface area contributed by atoms with E-state index in [1.165, 1.54) is 0 Å². The number of rotatable bonds is 3. The molecule has 0 aliphatic heterocycles. The molecular weight excluding hydrogens is 214 g/mol. The standard InChI is InChI=1S/C13H17N3O/c1-8(2)9(3)12-11(13(14)16-17-12)10-4-6-15-7-5-10/h4-9H,1-3H3,(H2,14,16). The first-order chi connectivity index (χ1) is 8.11. The molecule has 0 saturated carbocycles. The average Bonchev–Trinajstić information content (AvgIpc) is 2.71. The number of aromatic nitrogens is 2. The Morgan fingerprint density at radius 3 is 2.41 bits per heavy atom. The highest BCUT2D eigenvalue weighted by Crippen LogP contribution is 2.36. The Kier molecular flexibility index (Phi) is 3.13. The Morgan fingerprint density at radius 2 is 1.82 bits per heavy atom. The van der Waals surface area contributed by atoms with Gasteiger partial charge in [-0.1, -0.05) is 25.9 Å². The average molecular weight is 231 g/mol. The number of hydrogen-bond acceptors (Lipinski definition) is 4. The van der Waals surface area contributed by atoms with Crippen LogP contribution in [0.3, 0.4) is 0 Å². The van der Waals surface area contributed by atoms with Crippen LogP contribution in [0.4, 0.5) is 5.82 Å². The molecule has 2 N–H and O–H groups in total. The van der Waals surface area contributed by atoms with Crippen LogP contribution in [0.2, 0.25) is 0 Å². The third-order valence-electron chi connectivity index (χ3n) is 3.13. The molecule has 0 spiro atoms. The molecule has 1 unspecified atom stereocenters. The number of nitrogens with two attached hydrogens (primary N) is 1. The van der Waals surface area contributed by atoms with Gasteiger partial charge in [0.1, 0.15) is 5.76 Å². The van der Waals surface area contributed by atoms with Crippen molar-refractivity contribution in [2.45, 2.75) is 26.7 Å². The second kappa shape index (κ2) is 4.57. The Morgan fingerprint density at radius 1 is 1.18 bits per heavy atom. The minimum Gasteiger partial charge on any atom is -0.380 e. The number of hydrogen-bond donors (Lipinski definition) is 1. The van der Waals surface area contributed by atoms with Gasteiger partial charge in [-0.25, -0.2) is 0 Å². The summed E-state index contributed by atoms with van der Waals surface area (Å²) in [6.07, 6.45) is 3.48. The normalized spacial score (nSPS) is 12.9. The van der Waals surface area contributed by atoms with E-state index in [2.05, 4.69) is 30.9 Å². The van der Waals surface area contributed by atoms with Gasteiger partial charge in [0, 0.05) is 18.3 Å². The van der Waals surface area contributed by atoms with Crippen LogP contribution in [0.5, 0.6) is 0 Å². The molecule has 17 heavy (non-hydrogen) atoms. The van der Waals surface area contributed by atoms with Crippen molar-refractivity contribution in [3.05, 3.63) is 30.3 Å². The van der Waals surface area contributed by atoms with Crippen LogP contribution in [0.25, 0.3) is 11.1 Å². The van der Waals surface area contributed by atoms with Gasteiger partial charge in [0.15, 0.2) is 5.82 Å². The van der Waals surface area contributed by atoms with Crippen LogP contribution in [0, 0.1) is 5.92 Å². The van der Waals surface area contributed by atoms with Gasteiger partial charge in [-0.15, -0.1) is 0 Å². The lowest BCUT2D eigenvalue weighted by atomic mass is 9.91. The maximum Gasteiger partial charge on any atom is 0.175 e. The molecule has 0 aliphatic carbocycles. The van der Waals surface area contributed by atoms with Crippen LogP contribution >= 0.6 is 0 Å². The molecule has 0 radical (unpaired) electrons. The number of nitrogen functional groups attached to an aromatic ring is 1. The monoisotopic (exact) mass is 231 g/mol. The second-order valence-electron chi connectivity index (χ2n) is 4.58. The highest BCUT2D eigenvalue weighted by molar-refractivity contribution is 5.75. The molecule has 0 aromatic carbocycles. The quantitative estimate of drug-likeness (QED) is 0.881. The predicted octanol–water partition coefficient (Wildman–Crippen LogP) is 3.08. The van der Waals surface area contributed by atoms with E-state index in [1.54, 1.807) is 12.4 Å². The van der Waals surface area contributed by atoms with Crippen LogP contribution in [-0.2, 0) is 0 Å². The fourth-order valence-electron chi connectivity index (χ4n) is 1.74. The van der Waals surface area contributed by atoms with Crippen molar-refractivity contribution in [1.29, 1.82) is 0 Å². The zero-order chi connectivity index (χ0) is 12.4. The summed E-state index contributed by atoms with van der Waals surface area (Å²) in [7, 11) is 0. The van der Waals surface area contributed by atoms with Gasteiger partial charge >= 0.3 is 0 Å². The molecule has 2 aromatic rings. The molecule has 2 heterocycles. The van der Waals surface area contributed by atoms with E-state index < -0.39 is 0 Å². The zero-order valence-electron chi connectivity index (χ0n) is 10.3. The molecule has 0 saturated heterocycles. The van der Waals surface area contributed by atoms with E-state index in [-0.39, 0.29) is 5.92 Å². The largest absolute Gasteiger partial charge is 0.380 e. The molecular formula is C13H17N3O. The summed E-state index contributed by atoms with van der Waals surface area (Å²) >= 11 is 0. The lowest BCUT2D eigenvalue weighted by Gasteiger charge is -2.13. The Balaban J connectivity index is 2.51. The fraction of sp³-hybridized carbons (Fsp3) is 0.385. The maximum atomic E-state index is 5.89. The van der Waals surface area contributed by atoms with Crippen LogP contribution in [0.1, 0.15) is 32.4 Å². The Hall–Kier alpha value is -1.84. The fourth-order valence-corrected chi connectivity index (χ4v) is 1.74. The highest BCUT2D eigenvalue weighted by atomic mass is 16.5. The van der Waals surface area contributed by atoms with Gasteiger partial charge in [0.05, 0.1) is 5.56 Å². The SMILES string of the molecule is CC(C)C(C)c1onc(N)c1-c1ccncc1. The molecule has 0 bridgehead atoms. The summed E-state index contributed by atoms with van der Waals surface area (Å²) in [5, 5.41) is 3.88. The van der Waals surface area contributed by atoms with Gasteiger partial charge in [-0.3, -0.25) is 4.98 Å². The molecule has 2 aromatic heterocycles. The van der Waals surface area contributed by atoms with Gasteiger partial charge in [0.2, 0.25) is 0 Å². The van der Waals surface area contributed by atoms with E-state index in [4.69, 9.17) is 10.3 Å². The summed E-state index contributed by atoms with van der Waals surface area (Å²) in [6.45, 7) is 6.43. The van der Waals surface area contributed by atoms with Gasteiger partial charge in [-0.05, 0) is 23.6 Å². The van der Waals surface area contributed by atoms with E-state index in [1.807, 2.05) is 12.1 Å². The van der Waals surface area contributed by atoms with E-state index in [0.717, 1.165) is 16.9 Å². The summed E-state index contributed by atoms with van der Waals surface area (Å²) < 4.78 is 5.38. The Labute approximate surface area is 101 Å². The molecule has 1 atom stereocenters. The lowest BCUT2D eigenvalue weighted by Crippen LogP contribution is -2.02. The van der Waals surface area contributed by atoms with Crippen LogP contribution in [-0.4, -0.2) is 10.1 Å². The van der Waals surface area contributed by atoms with Crippen molar-refractivity contribution in [1.82, 2.24) is 10.1 Å². The molecule has 0 amide bonds. The van der Waals surface area contributed by atoms with Crippen molar-refractivity contribution < 1.29 is 4.52 Å². The van der Waals surface area contributed by atoms with Gasteiger partial charge in [0.25, 0.3) is 0 Å². The third kappa shape index (κ3) is 2.16. The molecule has 2 rings (SSSR count). The first kappa shape index (κ1) is 11.6. The topological polar surface area (TPSA) is 64.9 Å². The van der Waals surface area contributed by atoms with E-state index >= 15 is 0 Å². The number of pyridine rings is 1. The van der Waals surface area contributed by atoms with Crippen LogP contribution < -0.4 is 5.73 Å². The van der Waals surface area contributed by atoms with Crippen LogP contribution in [0.15, 0.2) is 29.0 Å². The number of nitrogens with zero attached hydrogens (tertiary/aromatic N) is 2. The first-order valence-electron chi connectivity index (χ1n) is 5.76. The zero-order valence-corrected chi connectivity index (χ0v) is 10.3. The van der Waals surface area contributed by atoms with Crippen molar-refractivity contribution in [2.75, 3.05) is 5.73 Å². The second-order valence-corrected chi connectivity index (χ2v) is 4.58. The minimum absolute atomic E-state index is 0.281. The third-order valence-corrected chi connectivity index (χ3v) is 3.13. The lowest BCUT2D eigenvalue weighted by molar-refractivity contribution is 0.341. The molecule has 0 fully saturated rings. The summed E-state index contributed by atoms with van der Waals surface area (Å²) in [4.78, 5) is 4.00. The summed E-state index contributed by atoms with van der Waals surface area (Å²) in [6, 6.07) is 3.83. The first-order valence-corrected chi connectivity index (χ1v) is 5.76. The smallest absolute Gasteiger partial charge is 0.175 e. The predicted molar refractivity (Wildman–Crippen MR) is 67.4 cm³/mol. The molecule has 4 heteroatoms. The Bertz CT molecular complexity index is 491. The maximum absolute atomic E-state index is 5.89. The molecule has 90 valence electrons. The highest BCUT2D eigenvalue weighted by Gasteiger charge is 2.22. The van der Waals surface area contributed by atoms with Crippen molar-refractivity contribution in [3.63, 3.8) is 0 Å². The molecule has 4 nitrogen and oxygen atoms in total. The van der Waals surface area contributed by atoms with E-state index in [0.29, 0.717) is 11.7 Å². The minimum atomic E-state index is 0.281. The van der Waals surface area contributed by atoms with Gasteiger partial charge < -0.3 is 10.3 Å². The van der Waals surface area contributed by atoms with Crippen molar-refractivity contribution in [2.24, 2.45) is 5.92 Å². The summed E-state index contributed by atoms with van der Waals surface area (Å²) in [5.74, 6) is 2.05. The summed E-state index contributed by atoms with van der Waals surface area (Å²) in [5.41, 5.74) is 7.78. The van der Waals surface area contributed by atoms with Crippen molar-refractivity contribution in [3.8, 4) is 11.1 Å². The van der Waals surface area contributed by atoms with Gasteiger partial charge in [-0.2, -0.15) is 0 Å². The van der Waals surface area contributed by atoms with E-state index in [9.17, 15) is 0 Å². The van der Waals surface area contributed by atoms with Crippen molar-refractivity contribution >= 4 is 5.82 Å². The molecule has 0 aliphatic rings.